The van der Waals surface area contributed by atoms with Gasteiger partial charge in [0.2, 0.25) is 5.91 Å². The highest BCUT2D eigenvalue weighted by atomic mass is 19.1. The van der Waals surface area contributed by atoms with Crippen molar-refractivity contribution < 1.29 is 13.9 Å². The highest BCUT2D eigenvalue weighted by Gasteiger charge is 2.25. The Bertz CT molecular complexity index is 1160. The van der Waals surface area contributed by atoms with Gasteiger partial charge in [0.25, 0.3) is 0 Å². The number of H-pyrrole nitrogens is 1. The highest BCUT2D eigenvalue weighted by Crippen LogP contribution is 2.24. The number of aromatic amines is 1. The summed E-state index contributed by atoms with van der Waals surface area (Å²) in [6.07, 6.45) is 2.53. The molecule has 2 aromatic carbocycles. The van der Waals surface area contributed by atoms with E-state index in [0.29, 0.717) is 31.8 Å². The molecule has 0 saturated carbocycles. The Morgan fingerprint density at radius 1 is 1.22 bits per heavy atom. The van der Waals surface area contributed by atoms with Gasteiger partial charge in [0, 0.05) is 19.5 Å². The van der Waals surface area contributed by atoms with Crippen LogP contribution >= 0.6 is 0 Å². The molecule has 168 valence electrons. The van der Waals surface area contributed by atoms with E-state index >= 15 is 0 Å². The molecule has 1 amide bonds. The number of likely N-dealkylation sites (tertiary alicyclic amines) is 1. The van der Waals surface area contributed by atoms with Crippen molar-refractivity contribution in [2.75, 3.05) is 20.2 Å². The van der Waals surface area contributed by atoms with E-state index in [0.717, 1.165) is 29.7 Å². The molecular weight excluding hydrogens is 411 g/mol. The van der Waals surface area contributed by atoms with E-state index in [1.165, 1.54) is 10.6 Å². The number of hydrogen-bond donors (Lipinski definition) is 1. The smallest absolute Gasteiger partial charge is 0.348 e. The molecule has 0 aliphatic carbocycles. The van der Waals surface area contributed by atoms with Crippen molar-refractivity contribution in [3.8, 4) is 11.4 Å². The highest BCUT2D eigenvalue weighted by molar-refractivity contribution is 5.79. The first-order valence-electron chi connectivity index (χ1n) is 10.8. The van der Waals surface area contributed by atoms with E-state index in [1.807, 2.05) is 30.0 Å². The number of piperidine rings is 1. The Kier molecular flexibility index (Phi) is 6.39. The first-order valence-corrected chi connectivity index (χ1v) is 10.8. The normalized spacial score (nSPS) is 14.5. The van der Waals surface area contributed by atoms with Crippen LogP contribution in [0.15, 0.2) is 47.3 Å². The lowest BCUT2D eigenvalue weighted by atomic mass is 9.92. The van der Waals surface area contributed by atoms with E-state index in [4.69, 9.17) is 4.74 Å². The zero-order chi connectivity index (χ0) is 22.7. The lowest BCUT2D eigenvalue weighted by Gasteiger charge is -2.32. The number of carbonyl (C=O) groups excluding carboxylic acids is 1. The van der Waals surface area contributed by atoms with Crippen LogP contribution in [0.2, 0.25) is 0 Å². The van der Waals surface area contributed by atoms with Gasteiger partial charge >= 0.3 is 5.69 Å². The predicted molar refractivity (Wildman–Crippen MR) is 119 cm³/mol. The molecule has 0 bridgehead atoms. The van der Waals surface area contributed by atoms with Gasteiger partial charge in [0.05, 0.1) is 19.2 Å². The number of nitrogens with zero attached hydrogens (tertiary/aromatic N) is 3. The van der Waals surface area contributed by atoms with Crippen molar-refractivity contribution >= 4 is 5.91 Å². The predicted octanol–water partition coefficient (Wildman–Crippen LogP) is 3.04. The molecular formula is C24H27FN4O3. The Hall–Kier alpha value is -3.42. The first-order chi connectivity index (χ1) is 15.5. The third-order valence-corrected chi connectivity index (χ3v) is 6.09. The molecule has 0 unspecified atom stereocenters. The van der Waals surface area contributed by atoms with Crippen LogP contribution in [0.5, 0.6) is 5.75 Å². The minimum absolute atomic E-state index is 0.107. The molecule has 1 aliphatic heterocycles. The zero-order valence-electron chi connectivity index (χ0n) is 18.3. The summed E-state index contributed by atoms with van der Waals surface area (Å²) in [4.78, 5) is 26.9. The van der Waals surface area contributed by atoms with Gasteiger partial charge in [-0.2, -0.15) is 5.10 Å². The van der Waals surface area contributed by atoms with Crippen molar-refractivity contribution in [2.45, 2.75) is 32.6 Å². The van der Waals surface area contributed by atoms with Crippen LogP contribution in [0.4, 0.5) is 4.39 Å². The number of nitrogens with one attached hydrogen (secondary N) is 1. The third kappa shape index (κ3) is 4.59. The molecule has 0 atom stereocenters. The Labute approximate surface area is 185 Å². The molecule has 1 aliphatic rings. The summed E-state index contributed by atoms with van der Waals surface area (Å²) in [6, 6.07) is 12.0. The molecule has 2 heterocycles. The number of hydrogen-bond acceptors (Lipinski definition) is 4. The minimum Gasteiger partial charge on any atom is -0.496 e. The lowest BCUT2D eigenvalue weighted by molar-refractivity contribution is -0.131. The summed E-state index contributed by atoms with van der Waals surface area (Å²) in [5.41, 5.74) is 1.73. The topological polar surface area (TPSA) is 80.2 Å². The number of para-hydroxylation sites is 1. The number of methoxy groups -OCH3 is 1. The van der Waals surface area contributed by atoms with Gasteiger partial charge in [0.1, 0.15) is 17.4 Å². The van der Waals surface area contributed by atoms with E-state index in [9.17, 15) is 14.0 Å². The fourth-order valence-electron chi connectivity index (χ4n) is 4.33. The lowest BCUT2D eigenvalue weighted by Crippen LogP contribution is -2.40. The summed E-state index contributed by atoms with van der Waals surface area (Å²) in [5, 5.41) is 6.56. The number of amides is 1. The van der Waals surface area contributed by atoms with Crippen molar-refractivity contribution in [3.05, 3.63) is 75.7 Å². The van der Waals surface area contributed by atoms with Gasteiger partial charge < -0.3 is 9.64 Å². The van der Waals surface area contributed by atoms with Gasteiger partial charge in [-0.15, -0.1) is 0 Å². The Balaban J connectivity index is 1.37. The van der Waals surface area contributed by atoms with Crippen molar-refractivity contribution in [1.29, 1.82) is 0 Å². The summed E-state index contributed by atoms with van der Waals surface area (Å²) >= 11 is 0. The van der Waals surface area contributed by atoms with E-state index in [2.05, 4.69) is 10.2 Å². The maximum absolute atomic E-state index is 14.2. The Morgan fingerprint density at radius 3 is 2.66 bits per heavy atom. The summed E-state index contributed by atoms with van der Waals surface area (Å²) in [6.45, 7) is 3.29. The average Bonchev–Trinajstić information content (AvgIpc) is 3.14. The molecule has 4 rings (SSSR count). The van der Waals surface area contributed by atoms with Gasteiger partial charge in [-0.3, -0.25) is 4.79 Å². The Morgan fingerprint density at radius 2 is 1.97 bits per heavy atom. The summed E-state index contributed by atoms with van der Waals surface area (Å²) in [5.74, 6) is 1.23. The number of carbonyl (C=O) groups is 1. The molecule has 0 spiro atoms. The first kappa shape index (κ1) is 21.8. The van der Waals surface area contributed by atoms with Crippen LogP contribution < -0.4 is 10.4 Å². The third-order valence-electron chi connectivity index (χ3n) is 6.09. The molecule has 0 radical (unpaired) electrons. The maximum Gasteiger partial charge on any atom is 0.348 e. The van der Waals surface area contributed by atoms with Crippen LogP contribution in [0.1, 0.15) is 29.8 Å². The summed E-state index contributed by atoms with van der Waals surface area (Å²) in [7, 11) is 1.63. The molecule has 1 N–H and O–H groups in total. The van der Waals surface area contributed by atoms with Crippen molar-refractivity contribution in [2.24, 2.45) is 5.92 Å². The number of rotatable bonds is 6. The van der Waals surface area contributed by atoms with Gasteiger partial charge in [-0.05, 0) is 55.0 Å². The van der Waals surface area contributed by atoms with Crippen LogP contribution in [-0.4, -0.2) is 45.8 Å². The van der Waals surface area contributed by atoms with E-state index in [1.54, 1.807) is 25.3 Å². The number of aromatic nitrogens is 3. The molecule has 1 aromatic heterocycles. The number of benzene rings is 2. The van der Waals surface area contributed by atoms with Crippen LogP contribution in [-0.2, 0) is 17.6 Å². The van der Waals surface area contributed by atoms with Gasteiger partial charge in [-0.1, -0.05) is 24.3 Å². The number of ether oxygens (including phenoxy) is 1. The molecule has 32 heavy (non-hydrogen) atoms. The number of halogens is 1. The van der Waals surface area contributed by atoms with Crippen LogP contribution in [0, 0.1) is 18.7 Å². The molecule has 7 nitrogen and oxygen atoms in total. The average molecular weight is 439 g/mol. The van der Waals surface area contributed by atoms with Crippen molar-refractivity contribution in [3.63, 3.8) is 0 Å². The standard InChI is InChI=1S/C24H27FN4O3/c1-16-13-18(7-8-21(16)32-2)15-23(30)28-11-9-17(10-12-28)14-22-26-27-24(31)29(22)20-6-4-3-5-19(20)25/h3-8,13,17H,9-12,14-15H2,1-2H3,(H,27,31). The van der Waals surface area contributed by atoms with Gasteiger partial charge in [-0.25, -0.2) is 18.9 Å². The SMILES string of the molecule is COc1ccc(CC(=O)N2CCC(Cc3n[nH]c(=O)n3-c3ccccc3F)CC2)cc1C. The van der Waals surface area contributed by atoms with E-state index in [-0.39, 0.29) is 17.5 Å². The zero-order valence-corrected chi connectivity index (χ0v) is 18.3. The minimum atomic E-state index is -0.466. The fourth-order valence-corrected chi connectivity index (χ4v) is 4.33. The molecule has 1 fully saturated rings. The quantitative estimate of drug-likeness (QED) is 0.642. The second-order valence-corrected chi connectivity index (χ2v) is 8.24. The van der Waals surface area contributed by atoms with E-state index < -0.39 is 11.5 Å². The molecule has 8 heteroatoms. The largest absolute Gasteiger partial charge is 0.496 e. The second-order valence-electron chi connectivity index (χ2n) is 8.24. The maximum atomic E-state index is 14.2. The van der Waals surface area contributed by atoms with Crippen LogP contribution in [0.3, 0.4) is 0 Å². The summed E-state index contributed by atoms with van der Waals surface area (Å²) < 4.78 is 20.8. The van der Waals surface area contributed by atoms with Crippen LogP contribution in [0.25, 0.3) is 5.69 Å². The number of aryl methyl sites for hydroxylation is 1. The monoisotopic (exact) mass is 438 g/mol. The second kappa shape index (κ2) is 9.38. The van der Waals surface area contributed by atoms with Crippen molar-refractivity contribution in [1.82, 2.24) is 19.7 Å². The fraction of sp³-hybridized carbons (Fsp3) is 0.375. The molecule has 1 saturated heterocycles. The van der Waals surface area contributed by atoms with Gasteiger partial charge in [0.15, 0.2) is 0 Å². The molecule has 3 aromatic rings.